The molecule has 2 aromatic rings. The summed E-state index contributed by atoms with van der Waals surface area (Å²) in [5.41, 5.74) is 2.35. The highest BCUT2D eigenvalue weighted by Gasteiger charge is 2.18. The van der Waals surface area contributed by atoms with E-state index in [1.165, 1.54) is 11.1 Å². The van der Waals surface area contributed by atoms with Gasteiger partial charge in [0.2, 0.25) is 0 Å². The zero-order chi connectivity index (χ0) is 13.7. The molecule has 0 amide bonds. The number of rotatable bonds is 6. The normalized spacial score (nSPS) is 12.6. The van der Waals surface area contributed by atoms with Gasteiger partial charge < -0.3 is 9.88 Å². The Balaban J connectivity index is 2.35. The van der Waals surface area contributed by atoms with Gasteiger partial charge in [-0.1, -0.05) is 13.0 Å². The van der Waals surface area contributed by atoms with Gasteiger partial charge in [-0.15, -0.1) is 0 Å². The van der Waals surface area contributed by atoms with E-state index in [1.54, 1.807) is 0 Å². The molecule has 4 heteroatoms. The van der Waals surface area contributed by atoms with Crippen LogP contribution in [0.2, 0.25) is 0 Å². The van der Waals surface area contributed by atoms with E-state index in [4.69, 9.17) is 0 Å². The van der Waals surface area contributed by atoms with Crippen LogP contribution in [0.3, 0.4) is 0 Å². The smallest absolute Gasteiger partial charge is 0.130 e. The molecule has 0 saturated carbocycles. The van der Waals surface area contributed by atoms with E-state index in [-0.39, 0.29) is 6.04 Å². The molecular weight excluding hydrogens is 236 g/mol. The maximum atomic E-state index is 4.52. The van der Waals surface area contributed by atoms with Crippen molar-refractivity contribution >= 4 is 0 Å². The van der Waals surface area contributed by atoms with Crippen LogP contribution in [-0.2, 0) is 6.54 Å². The molecule has 1 unspecified atom stereocenters. The lowest BCUT2D eigenvalue weighted by molar-refractivity contribution is 0.540. The van der Waals surface area contributed by atoms with Crippen molar-refractivity contribution in [3.63, 3.8) is 0 Å². The number of nitrogens with zero attached hydrogens (tertiary/aromatic N) is 3. The summed E-state index contributed by atoms with van der Waals surface area (Å²) in [4.78, 5) is 8.82. The monoisotopic (exact) mass is 258 g/mol. The van der Waals surface area contributed by atoms with Gasteiger partial charge in [0.25, 0.3) is 0 Å². The molecule has 2 aromatic heterocycles. The molecule has 0 bridgehead atoms. The first-order chi connectivity index (χ1) is 9.26. The van der Waals surface area contributed by atoms with E-state index in [2.05, 4.69) is 46.7 Å². The second kappa shape index (κ2) is 6.48. The lowest BCUT2D eigenvalue weighted by Gasteiger charge is -2.19. The highest BCUT2D eigenvalue weighted by Crippen LogP contribution is 2.21. The molecule has 2 heterocycles. The highest BCUT2D eigenvalue weighted by molar-refractivity contribution is 5.25. The van der Waals surface area contributed by atoms with Gasteiger partial charge in [-0.3, -0.25) is 4.98 Å². The minimum atomic E-state index is 0.113. The summed E-state index contributed by atoms with van der Waals surface area (Å²) in [6, 6.07) is 2.29. The van der Waals surface area contributed by atoms with Crippen LogP contribution in [0.4, 0.5) is 0 Å². The molecule has 0 aliphatic carbocycles. The molecule has 0 saturated heterocycles. The first-order valence-electron chi connectivity index (χ1n) is 6.92. The minimum absolute atomic E-state index is 0.113. The van der Waals surface area contributed by atoms with Gasteiger partial charge in [0.05, 0.1) is 6.04 Å². The largest absolute Gasteiger partial charge is 0.334 e. The van der Waals surface area contributed by atoms with Crippen molar-refractivity contribution in [2.45, 2.75) is 39.8 Å². The van der Waals surface area contributed by atoms with Gasteiger partial charge in [0.15, 0.2) is 0 Å². The second-order valence-electron chi connectivity index (χ2n) is 4.75. The van der Waals surface area contributed by atoms with Crippen LogP contribution >= 0.6 is 0 Å². The molecule has 0 spiro atoms. The maximum absolute atomic E-state index is 4.52. The highest BCUT2D eigenvalue weighted by atomic mass is 15.1. The number of pyridine rings is 1. The molecule has 0 aliphatic heterocycles. The number of imidazole rings is 1. The summed E-state index contributed by atoms with van der Waals surface area (Å²) in [7, 11) is 0. The molecule has 102 valence electrons. The number of hydrogen-bond acceptors (Lipinski definition) is 3. The zero-order valence-electron chi connectivity index (χ0n) is 11.9. The number of nitrogens with one attached hydrogen (secondary N) is 1. The van der Waals surface area contributed by atoms with Gasteiger partial charge in [-0.2, -0.15) is 0 Å². The summed E-state index contributed by atoms with van der Waals surface area (Å²) < 4.78 is 2.18. The molecule has 19 heavy (non-hydrogen) atoms. The number of hydrogen-bond donors (Lipinski definition) is 1. The van der Waals surface area contributed by atoms with Crippen LogP contribution in [0, 0.1) is 6.92 Å². The van der Waals surface area contributed by atoms with Crippen molar-refractivity contribution in [1.29, 1.82) is 0 Å². The van der Waals surface area contributed by atoms with Crippen molar-refractivity contribution in [1.82, 2.24) is 19.9 Å². The lowest BCUT2D eigenvalue weighted by atomic mass is 10.1. The Bertz CT molecular complexity index is 518. The Hall–Kier alpha value is -1.68. The molecule has 0 radical (unpaired) electrons. The van der Waals surface area contributed by atoms with Crippen LogP contribution in [0.15, 0.2) is 30.9 Å². The predicted octanol–water partition coefficient (Wildman–Crippen LogP) is 2.70. The average Bonchev–Trinajstić information content (AvgIpc) is 2.88. The summed E-state index contributed by atoms with van der Waals surface area (Å²) in [6.45, 7) is 8.27. The molecule has 0 aliphatic rings. The van der Waals surface area contributed by atoms with Gasteiger partial charge >= 0.3 is 0 Å². The molecule has 0 aromatic carbocycles. The van der Waals surface area contributed by atoms with Crippen molar-refractivity contribution in [2.24, 2.45) is 0 Å². The van der Waals surface area contributed by atoms with Gasteiger partial charge in [-0.25, -0.2) is 4.98 Å². The third-order valence-corrected chi connectivity index (χ3v) is 3.17. The Labute approximate surface area is 114 Å². The van der Waals surface area contributed by atoms with Crippen LogP contribution in [0.25, 0.3) is 0 Å². The van der Waals surface area contributed by atoms with Crippen LogP contribution < -0.4 is 5.32 Å². The second-order valence-corrected chi connectivity index (χ2v) is 4.75. The first kappa shape index (κ1) is 13.7. The van der Waals surface area contributed by atoms with Crippen molar-refractivity contribution in [2.75, 3.05) is 6.54 Å². The topological polar surface area (TPSA) is 42.7 Å². The first-order valence-corrected chi connectivity index (χ1v) is 6.92. The van der Waals surface area contributed by atoms with Gasteiger partial charge in [0.1, 0.15) is 5.82 Å². The summed E-state index contributed by atoms with van der Waals surface area (Å²) in [6.07, 6.45) is 8.80. The van der Waals surface area contributed by atoms with E-state index in [9.17, 15) is 0 Å². The molecule has 0 fully saturated rings. The van der Waals surface area contributed by atoms with Gasteiger partial charge in [0, 0.05) is 31.3 Å². The Kier molecular flexibility index (Phi) is 4.68. The van der Waals surface area contributed by atoms with Crippen molar-refractivity contribution in [3.05, 3.63) is 47.8 Å². The summed E-state index contributed by atoms with van der Waals surface area (Å²) >= 11 is 0. The average molecular weight is 258 g/mol. The van der Waals surface area contributed by atoms with E-state index >= 15 is 0 Å². The van der Waals surface area contributed by atoms with Crippen LogP contribution in [0.1, 0.15) is 43.3 Å². The maximum Gasteiger partial charge on any atom is 0.130 e. The van der Waals surface area contributed by atoms with Gasteiger partial charge in [-0.05, 0) is 37.9 Å². The summed E-state index contributed by atoms with van der Waals surface area (Å²) in [5.74, 6) is 1.06. The minimum Gasteiger partial charge on any atom is -0.334 e. The zero-order valence-corrected chi connectivity index (χ0v) is 11.9. The van der Waals surface area contributed by atoms with Crippen molar-refractivity contribution < 1.29 is 0 Å². The number of aryl methyl sites for hydroxylation is 2. The molecule has 4 nitrogen and oxygen atoms in total. The molecule has 2 rings (SSSR count). The van der Waals surface area contributed by atoms with E-state index in [1.807, 2.05) is 24.8 Å². The SMILES string of the molecule is CCCNC(c1cncc(C)c1)c1nccn1CC. The Morgan fingerprint density at radius 1 is 1.32 bits per heavy atom. The van der Waals surface area contributed by atoms with Crippen molar-refractivity contribution in [3.8, 4) is 0 Å². The predicted molar refractivity (Wildman–Crippen MR) is 77.0 cm³/mol. The van der Waals surface area contributed by atoms with Crippen LogP contribution in [0.5, 0.6) is 0 Å². The quantitative estimate of drug-likeness (QED) is 0.866. The standard InChI is InChI=1S/C15H22N4/c1-4-6-17-14(13-9-12(3)10-16-11-13)15-18-7-8-19(15)5-2/h7-11,14,17H,4-6H2,1-3H3. The van der Waals surface area contributed by atoms with Crippen LogP contribution in [-0.4, -0.2) is 21.1 Å². The fourth-order valence-electron chi connectivity index (χ4n) is 2.23. The van der Waals surface area contributed by atoms with E-state index in [0.29, 0.717) is 0 Å². The lowest BCUT2D eigenvalue weighted by Crippen LogP contribution is -2.26. The Morgan fingerprint density at radius 2 is 2.16 bits per heavy atom. The van der Waals surface area contributed by atoms with E-state index < -0.39 is 0 Å². The molecule has 1 atom stereocenters. The molecule has 1 N–H and O–H groups in total. The third-order valence-electron chi connectivity index (χ3n) is 3.17. The fourth-order valence-corrected chi connectivity index (χ4v) is 2.23. The number of aromatic nitrogens is 3. The van der Waals surface area contributed by atoms with E-state index in [0.717, 1.165) is 25.3 Å². The third kappa shape index (κ3) is 3.20. The Morgan fingerprint density at radius 3 is 2.84 bits per heavy atom. The summed E-state index contributed by atoms with van der Waals surface area (Å²) in [5, 5.41) is 3.57. The fraction of sp³-hybridized carbons (Fsp3) is 0.467. The molecular formula is C15H22N4.